The standard InChI is InChI=1S/C14H17N5O2/c1-10-12(9-17-21-10)13(20)18-11-7-15-14(16-8-11)19-5-3-2-4-6-19/h7-9H,2-6H2,1H3,(H,18,20). The summed E-state index contributed by atoms with van der Waals surface area (Å²) in [6.07, 6.45) is 8.26. The van der Waals surface area contributed by atoms with Gasteiger partial charge in [0.05, 0.1) is 24.3 Å². The first-order valence-corrected chi connectivity index (χ1v) is 7.03. The van der Waals surface area contributed by atoms with Crippen LogP contribution in [0, 0.1) is 6.92 Å². The van der Waals surface area contributed by atoms with Crippen molar-refractivity contribution in [3.8, 4) is 0 Å². The van der Waals surface area contributed by atoms with Crippen LogP contribution in [0.1, 0.15) is 35.4 Å². The first-order chi connectivity index (χ1) is 10.2. The summed E-state index contributed by atoms with van der Waals surface area (Å²) in [4.78, 5) is 22.8. The van der Waals surface area contributed by atoms with Crippen molar-refractivity contribution in [2.45, 2.75) is 26.2 Å². The molecule has 1 fully saturated rings. The quantitative estimate of drug-likeness (QED) is 0.929. The maximum Gasteiger partial charge on any atom is 0.260 e. The predicted molar refractivity (Wildman–Crippen MR) is 77.3 cm³/mol. The summed E-state index contributed by atoms with van der Waals surface area (Å²) in [5.41, 5.74) is 0.969. The molecule has 0 spiro atoms. The molecule has 1 aliphatic rings. The summed E-state index contributed by atoms with van der Waals surface area (Å²) in [5.74, 6) is 0.926. The Morgan fingerprint density at radius 1 is 1.19 bits per heavy atom. The van der Waals surface area contributed by atoms with E-state index in [0.29, 0.717) is 23.0 Å². The van der Waals surface area contributed by atoms with E-state index in [1.807, 2.05) is 0 Å². The highest BCUT2D eigenvalue weighted by Crippen LogP contribution is 2.17. The summed E-state index contributed by atoms with van der Waals surface area (Å²) < 4.78 is 4.87. The van der Waals surface area contributed by atoms with Gasteiger partial charge in [0, 0.05) is 13.1 Å². The molecule has 0 aliphatic carbocycles. The number of rotatable bonds is 3. The molecule has 0 bridgehead atoms. The number of anilines is 2. The molecule has 21 heavy (non-hydrogen) atoms. The SMILES string of the molecule is Cc1oncc1C(=O)Nc1cnc(N2CCCCC2)nc1. The molecular formula is C14H17N5O2. The lowest BCUT2D eigenvalue weighted by Crippen LogP contribution is -2.30. The smallest absolute Gasteiger partial charge is 0.260 e. The van der Waals surface area contributed by atoms with E-state index in [4.69, 9.17) is 4.52 Å². The number of piperidine rings is 1. The van der Waals surface area contributed by atoms with E-state index in [1.54, 1.807) is 19.3 Å². The van der Waals surface area contributed by atoms with Crippen LogP contribution in [0.2, 0.25) is 0 Å². The average molecular weight is 287 g/mol. The van der Waals surface area contributed by atoms with Gasteiger partial charge in [-0.3, -0.25) is 4.79 Å². The molecule has 0 saturated carbocycles. The fourth-order valence-electron chi connectivity index (χ4n) is 2.36. The van der Waals surface area contributed by atoms with Crippen LogP contribution < -0.4 is 10.2 Å². The van der Waals surface area contributed by atoms with Crippen LogP contribution in [-0.2, 0) is 0 Å². The van der Waals surface area contributed by atoms with E-state index in [0.717, 1.165) is 13.1 Å². The van der Waals surface area contributed by atoms with Gasteiger partial charge in [-0.25, -0.2) is 9.97 Å². The Hall–Kier alpha value is -2.44. The van der Waals surface area contributed by atoms with Gasteiger partial charge in [-0.1, -0.05) is 5.16 Å². The third-order valence-corrected chi connectivity index (χ3v) is 3.53. The van der Waals surface area contributed by atoms with Gasteiger partial charge in [0.25, 0.3) is 5.91 Å². The van der Waals surface area contributed by atoms with E-state index in [9.17, 15) is 4.79 Å². The van der Waals surface area contributed by atoms with Crippen molar-refractivity contribution in [1.29, 1.82) is 0 Å². The third-order valence-electron chi connectivity index (χ3n) is 3.53. The molecular weight excluding hydrogens is 270 g/mol. The van der Waals surface area contributed by atoms with Gasteiger partial charge < -0.3 is 14.7 Å². The highest BCUT2D eigenvalue weighted by atomic mass is 16.5. The first kappa shape index (κ1) is 13.5. The Labute approximate surface area is 122 Å². The van der Waals surface area contributed by atoms with Crippen molar-refractivity contribution in [3.05, 3.63) is 29.9 Å². The Morgan fingerprint density at radius 3 is 2.52 bits per heavy atom. The van der Waals surface area contributed by atoms with Crippen molar-refractivity contribution in [2.24, 2.45) is 0 Å². The van der Waals surface area contributed by atoms with Gasteiger partial charge in [-0.05, 0) is 26.2 Å². The van der Waals surface area contributed by atoms with Crippen molar-refractivity contribution in [1.82, 2.24) is 15.1 Å². The second-order valence-electron chi connectivity index (χ2n) is 5.07. The van der Waals surface area contributed by atoms with Crippen LogP contribution in [0.3, 0.4) is 0 Å². The number of nitrogens with zero attached hydrogens (tertiary/aromatic N) is 4. The Balaban J connectivity index is 1.67. The molecule has 3 rings (SSSR count). The van der Waals surface area contributed by atoms with Crippen molar-refractivity contribution in [2.75, 3.05) is 23.3 Å². The summed E-state index contributed by atoms with van der Waals surface area (Å²) in [7, 11) is 0. The topological polar surface area (TPSA) is 84.2 Å². The number of aromatic nitrogens is 3. The van der Waals surface area contributed by atoms with Gasteiger partial charge >= 0.3 is 0 Å². The van der Waals surface area contributed by atoms with Crippen molar-refractivity contribution in [3.63, 3.8) is 0 Å². The second kappa shape index (κ2) is 5.90. The van der Waals surface area contributed by atoms with Crippen molar-refractivity contribution < 1.29 is 9.32 Å². The highest BCUT2D eigenvalue weighted by Gasteiger charge is 2.15. The summed E-state index contributed by atoms with van der Waals surface area (Å²) >= 11 is 0. The molecule has 0 unspecified atom stereocenters. The molecule has 1 amide bonds. The molecule has 110 valence electrons. The fourth-order valence-corrected chi connectivity index (χ4v) is 2.36. The number of hydrogen-bond acceptors (Lipinski definition) is 6. The highest BCUT2D eigenvalue weighted by molar-refractivity contribution is 6.04. The van der Waals surface area contributed by atoms with Crippen LogP contribution in [0.25, 0.3) is 0 Å². The normalized spacial score (nSPS) is 15.0. The lowest BCUT2D eigenvalue weighted by Gasteiger charge is -2.26. The number of aryl methyl sites for hydroxylation is 1. The molecule has 7 heteroatoms. The predicted octanol–water partition coefficient (Wildman–Crippen LogP) is 2.02. The second-order valence-corrected chi connectivity index (χ2v) is 5.07. The molecule has 1 aliphatic heterocycles. The lowest BCUT2D eigenvalue weighted by molar-refractivity contribution is 0.102. The third kappa shape index (κ3) is 3.01. The van der Waals surface area contributed by atoms with Crippen LogP contribution in [-0.4, -0.2) is 34.1 Å². The van der Waals surface area contributed by atoms with Crippen LogP contribution >= 0.6 is 0 Å². The maximum atomic E-state index is 12.0. The number of carbonyl (C=O) groups is 1. The van der Waals surface area contributed by atoms with E-state index in [2.05, 4.69) is 25.3 Å². The molecule has 0 radical (unpaired) electrons. The van der Waals surface area contributed by atoms with Gasteiger partial charge in [0.1, 0.15) is 11.3 Å². The zero-order valence-corrected chi connectivity index (χ0v) is 11.9. The van der Waals surface area contributed by atoms with Gasteiger partial charge in [-0.15, -0.1) is 0 Å². The Kier molecular flexibility index (Phi) is 3.81. The molecule has 0 aromatic carbocycles. The molecule has 0 atom stereocenters. The van der Waals surface area contributed by atoms with Crippen LogP contribution in [0.5, 0.6) is 0 Å². The summed E-state index contributed by atoms with van der Waals surface area (Å²) in [6, 6.07) is 0. The van der Waals surface area contributed by atoms with Gasteiger partial charge in [0.15, 0.2) is 0 Å². The average Bonchev–Trinajstić information content (AvgIpc) is 2.95. The van der Waals surface area contributed by atoms with E-state index >= 15 is 0 Å². The van der Waals surface area contributed by atoms with Gasteiger partial charge in [-0.2, -0.15) is 0 Å². The minimum absolute atomic E-state index is 0.275. The number of hydrogen-bond donors (Lipinski definition) is 1. The molecule has 1 N–H and O–H groups in total. The minimum Gasteiger partial charge on any atom is -0.361 e. The molecule has 7 nitrogen and oxygen atoms in total. The van der Waals surface area contributed by atoms with E-state index in [-0.39, 0.29) is 5.91 Å². The Morgan fingerprint density at radius 2 is 1.90 bits per heavy atom. The van der Waals surface area contributed by atoms with E-state index < -0.39 is 0 Å². The number of carbonyl (C=O) groups excluding carboxylic acids is 1. The Bertz CT molecular complexity index is 617. The fraction of sp³-hybridized carbons (Fsp3) is 0.429. The van der Waals surface area contributed by atoms with Crippen molar-refractivity contribution >= 4 is 17.5 Å². The largest absolute Gasteiger partial charge is 0.361 e. The molecule has 1 saturated heterocycles. The lowest BCUT2D eigenvalue weighted by atomic mass is 10.1. The van der Waals surface area contributed by atoms with Gasteiger partial charge in [0.2, 0.25) is 5.95 Å². The summed E-state index contributed by atoms with van der Waals surface area (Å²) in [6.45, 7) is 3.68. The van der Waals surface area contributed by atoms with Crippen LogP contribution in [0.15, 0.2) is 23.1 Å². The zero-order valence-electron chi connectivity index (χ0n) is 11.9. The van der Waals surface area contributed by atoms with E-state index in [1.165, 1.54) is 25.5 Å². The molecule has 2 aromatic heterocycles. The summed E-state index contributed by atoms with van der Waals surface area (Å²) in [5, 5.41) is 6.32. The minimum atomic E-state index is -0.275. The monoisotopic (exact) mass is 287 g/mol. The maximum absolute atomic E-state index is 12.0. The zero-order chi connectivity index (χ0) is 14.7. The molecule has 2 aromatic rings. The first-order valence-electron chi connectivity index (χ1n) is 7.03. The van der Waals surface area contributed by atoms with Crippen LogP contribution in [0.4, 0.5) is 11.6 Å². The number of amides is 1. The number of nitrogens with one attached hydrogen (secondary N) is 1. The molecule has 3 heterocycles.